The monoisotopic (exact) mass is 311 g/mol. The van der Waals surface area contributed by atoms with Gasteiger partial charge in [-0.3, -0.25) is 0 Å². The Bertz CT molecular complexity index is 781. The average molecular weight is 311 g/mol. The van der Waals surface area contributed by atoms with Crippen molar-refractivity contribution in [1.29, 1.82) is 0 Å². The van der Waals surface area contributed by atoms with Crippen LogP contribution >= 0.6 is 0 Å². The Balaban J connectivity index is 1.84. The zero-order valence-electron chi connectivity index (χ0n) is 13.4. The molecule has 0 radical (unpaired) electrons. The minimum Gasteiger partial charge on any atom is -0.508 e. The molecule has 6 nitrogen and oxygen atoms in total. The van der Waals surface area contributed by atoms with E-state index in [0.717, 1.165) is 35.7 Å². The first-order valence-electron chi connectivity index (χ1n) is 7.91. The van der Waals surface area contributed by atoms with Crippen LogP contribution in [0.15, 0.2) is 36.4 Å². The summed E-state index contributed by atoms with van der Waals surface area (Å²) in [5.74, 6) is 1.86. The molecule has 0 spiro atoms. The van der Waals surface area contributed by atoms with Crippen molar-refractivity contribution in [2.75, 3.05) is 5.32 Å². The zero-order valence-corrected chi connectivity index (χ0v) is 13.4. The Morgan fingerprint density at radius 3 is 2.65 bits per heavy atom. The molecule has 1 aromatic carbocycles. The molecule has 0 aliphatic carbocycles. The number of aromatic nitrogens is 4. The third-order valence-electron chi connectivity index (χ3n) is 3.74. The van der Waals surface area contributed by atoms with Crippen LogP contribution in [0.4, 0.5) is 5.82 Å². The van der Waals surface area contributed by atoms with Gasteiger partial charge < -0.3 is 10.4 Å². The first-order chi connectivity index (χ1) is 11.2. The summed E-state index contributed by atoms with van der Waals surface area (Å²) >= 11 is 0. The highest BCUT2D eigenvalue weighted by Crippen LogP contribution is 2.15. The summed E-state index contributed by atoms with van der Waals surface area (Å²) in [5.41, 5.74) is 1.78. The molecule has 0 amide bonds. The topological polar surface area (TPSA) is 75.3 Å². The predicted molar refractivity (Wildman–Crippen MR) is 89.7 cm³/mol. The van der Waals surface area contributed by atoms with E-state index in [0.29, 0.717) is 12.5 Å². The Morgan fingerprint density at radius 2 is 1.91 bits per heavy atom. The van der Waals surface area contributed by atoms with Gasteiger partial charge in [-0.05, 0) is 43.2 Å². The van der Waals surface area contributed by atoms with E-state index in [1.807, 2.05) is 24.3 Å². The van der Waals surface area contributed by atoms with E-state index in [1.54, 1.807) is 16.6 Å². The lowest BCUT2D eigenvalue weighted by molar-refractivity contribution is 0.475. The van der Waals surface area contributed by atoms with Crippen molar-refractivity contribution in [2.24, 2.45) is 0 Å². The Hall–Kier alpha value is -2.63. The van der Waals surface area contributed by atoms with E-state index < -0.39 is 0 Å². The maximum atomic E-state index is 9.36. The molecular formula is C17H21N5O. The number of hydrogen-bond donors (Lipinski definition) is 2. The number of nitrogens with one attached hydrogen (secondary N) is 1. The van der Waals surface area contributed by atoms with E-state index in [-0.39, 0.29) is 5.75 Å². The molecule has 120 valence electrons. The highest BCUT2D eigenvalue weighted by Gasteiger charge is 2.10. The molecule has 0 fully saturated rings. The number of nitrogens with zero attached hydrogens (tertiary/aromatic N) is 4. The van der Waals surface area contributed by atoms with Crippen LogP contribution in [-0.4, -0.2) is 31.0 Å². The van der Waals surface area contributed by atoms with E-state index in [9.17, 15) is 5.11 Å². The number of rotatable bonds is 6. The van der Waals surface area contributed by atoms with Crippen LogP contribution in [0, 0.1) is 0 Å². The summed E-state index contributed by atoms with van der Waals surface area (Å²) < 4.78 is 1.77. The van der Waals surface area contributed by atoms with Crippen LogP contribution in [0.3, 0.4) is 0 Å². The second-order valence-electron chi connectivity index (χ2n) is 5.78. The second kappa shape index (κ2) is 6.64. The molecule has 1 atom stereocenters. The van der Waals surface area contributed by atoms with Crippen molar-refractivity contribution < 1.29 is 5.11 Å². The zero-order chi connectivity index (χ0) is 16.2. The molecule has 2 N–H and O–H groups in total. The van der Waals surface area contributed by atoms with Crippen LogP contribution in [0.5, 0.6) is 5.75 Å². The maximum absolute atomic E-state index is 9.36. The fourth-order valence-electron chi connectivity index (χ4n) is 2.57. The predicted octanol–water partition coefficient (Wildman–Crippen LogP) is 3.02. The summed E-state index contributed by atoms with van der Waals surface area (Å²) in [7, 11) is 0. The lowest BCUT2D eigenvalue weighted by Crippen LogP contribution is -2.16. The largest absolute Gasteiger partial charge is 0.508 e. The number of hydrogen-bond acceptors (Lipinski definition) is 5. The normalized spacial score (nSPS) is 12.4. The molecule has 0 saturated carbocycles. The first kappa shape index (κ1) is 15.3. The smallest absolute Gasteiger partial charge is 0.178 e. The van der Waals surface area contributed by atoms with Gasteiger partial charge in [0.05, 0.1) is 0 Å². The van der Waals surface area contributed by atoms with Gasteiger partial charge in [0, 0.05) is 12.5 Å². The Kier molecular flexibility index (Phi) is 4.41. The summed E-state index contributed by atoms with van der Waals surface area (Å²) in [5, 5.41) is 25.8. The fourth-order valence-corrected chi connectivity index (χ4v) is 2.57. The summed E-state index contributed by atoms with van der Waals surface area (Å²) in [6, 6.07) is 11.3. The molecule has 1 unspecified atom stereocenters. The number of aromatic hydroxyl groups is 1. The molecule has 0 aliphatic rings. The minimum atomic E-state index is 0.259. The van der Waals surface area contributed by atoms with Gasteiger partial charge >= 0.3 is 0 Å². The summed E-state index contributed by atoms with van der Waals surface area (Å²) in [4.78, 5) is 0. The molecule has 0 saturated heterocycles. The number of anilines is 1. The number of phenolic OH excluding ortho intramolecular Hbond substituents is 1. The molecule has 3 rings (SSSR count). The summed E-state index contributed by atoms with van der Waals surface area (Å²) in [6.45, 7) is 4.32. The first-order valence-corrected chi connectivity index (χ1v) is 7.91. The Morgan fingerprint density at radius 1 is 1.13 bits per heavy atom. The minimum absolute atomic E-state index is 0.259. The molecule has 0 bridgehead atoms. The second-order valence-corrected chi connectivity index (χ2v) is 5.78. The van der Waals surface area contributed by atoms with Crippen molar-refractivity contribution >= 4 is 11.5 Å². The van der Waals surface area contributed by atoms with E-state index >= 15 is 0 Å². The summed E-state index contributed by atoms with van der Waals surface area (Å²) in [6.07, 6.45) is 2.85. The Labute approximate surface area is 135 Å². The van der Waals surface area contributed by atoms with Crippen molar-refractivity contribution in [3.63, 3.8) is 0 Å². The lowest BCUT2D eigenvalue weighted by atomic mass is 10.1. The fraction of sp³-hybridized carbons (Fsp3) is 0.353. The van der Waals surface area contributed by atoms with Crippen molar-refractivity contribution in [3.8, 4) is 5.75 Å². The molecule has 3 aromatic rings. The average Bonchev–Trinajstić information content (AvgIpc) is 2.92. The van der Waals surface area contributed by atoms with Crippen LogP contribution in [0.2, 0.25) is 0 Å². The molecule has 2 aromatic heterocycles. The van der Waals surface area contributed by atoms with Gasteiger partial charge in [-0.25, -0.2) is 0 Å². The molecule has 23 heavy (non-hydrogen) atoms. The highest BCUT2D eigenvalue weighted by atomic mass is 16.3. The van der Waals surface area contributed by atoms with Gasteiger partial charge in [-0.2, -0.15) is 4.52 Å². The number of phenols is 1. The molecule has 0 aliphatic heterocycles. The van der Waals surface area contributed by atoms with Gasteiger partial charge in [-0.1, -0.05) is 25.5 Å². The third-order valence-corrected chi connectivity index (χ3v) is 3.74. The van der Waals surface area contributed by atoms with Crippen molar-refractivity contribution in [2.45, 2.75) is 39.2 Å². The van der Waals surface area contributed by atoms with Crippen LogP contribution < -0.4 is 5.32 Å². The standard InChI is InChI=1S/C17H21N5O/c1-3-4-12(2)18-15-9-10-16-19-20-17(22(16)21-15)11-13-5-7-14(23)8-6-13/h5-10,12,23H,3-4,11H2,1-2H3,(H,18,21). The molecule has 2 heterocycles. The van der Waals surface area contributed by atoms with E-state index in [1.165, 1.54) is 0 Å². The van der Waals surface area contributed by atoms with Gasteiger partial charge in [0.2, 0.25) is 0 Å². The van der Waals surface area contributed by atoms with Crippen LogP contribution in [0.1, 0.15) is 38.1 Å². The van der Waals surface area contributed by atoms with Gasteiger partial charge in [-0.15, -0.1) is 15.3 Å². The van der Waals surface area contributed by atoms with E-state index in [4.69, 9.17) is 0 Å². The molecular weight excluding hydrogens is 290 g/mol. The van der Waals surface area contributed by atoms with E-state index in [2.05, 4.69) is 34.5 Å². The van der Waals surface area contributed by atoms with Crippen molar-refractivity contribution in [3.05, 3.63) is 47.8 Å². The van der Waals surface area contributed by atoms with Crippen LogP contribution in [-0.2, 0) is 6.42 Å². The lowest BCUT2D eigenvalue weighted by Gasteiger charge is -2.13. The van der Waals surface area contributed by atoms with Gasteiger partial charge in [0.1, 0.15) is 11.6 Å². The maximum Gasteiger partial charge on any atom is 0.178 e. The highest BCUT2D eigenvalue weighted by molar-refractivity contribution is 5.44. The third kappa shape index (κ3) is 3.59. The SMILES string of the molecule is CCCC(C)Nc1ccc2nnc(Cc3ccc(O)cc3)n2n1. The number of fused-ring (bicyclic) bond motifs is 1. The number of benzene rings is 1. The van der Waals surface area contributed by atoms with Crippen LogP contribution in [0.25, 0.3) is 5.65 Å². The van der Waals surface area contributed by atoms with Crippen molar-refractivity contribution in [1.82, 2.24) is 19.8 Å². The van der Waals surface area contributed by atoms with Gasteiger partial charge in [0.15, 0.2) is 11.5 Å². The van der Waals surface area contributed by atoms with Gasteiger partial charge in [0.25, 0.3) is 0 Å². The quantitative estimate of drug-likeness (QED) is 0.732. The molecule has 6 heteroatoms.